The first-order chi connectivity index (χ1) is 9.65. The normalized spacial score (nSPS) is 12.7. The van der Waals surface area contributed by atoms with E-state index in [4.69, 9.17) is 0 Å². The predicted octanol–water partition coefficient (Wildman–Crippen LogP) is 5.07. The van der Waals surface area contributed by atoms with Crippen LogP contribution in [-0.4, -0.2) is 11.7 Å². The van der Waals surface area contributed by atoms with E-state index < -0.39 is 12.7 Å². The second-order valence-corrected chi connectivity index (χ2v) is 4.99. The smallest absolute Gasteiger partial charge is 0.387 e. The van der Waals surface area contributed by atoms with Gasteiger partial charge in [-0.15, -0.1) is 0 Å². The summed E-state index contributed by atoms with van der Waals surface area (Å²) < 4.78 is 29.0. The lowest BCUT2D eigenvalue weighted by Crippen LogP contribution is -2.07. The van der Waals surface area contributed by atoms with Crippen LogP contribution in [0.1, 0.15) is 63.5 Å². The molecule has 0 radical (unpaired) electrons. The quantitative estimate of drug-likeness (QED) is 0.608. The molecular weight excluding hydrogens is 262 g/mol. The number of aliphatic hydroxyl groups is 1. The minimum Gasteiger partial charge on any atom is -0.434 e. The Hall–Kier alpha value is -1.16. The number of hydrogen-bond acceptors (Lipinski definition) is 2. The van der Waals surface area contributed by atoms with Crippen molar-refractivity contribution in [2.24, 2.45) is 0 Å². The molecule has 1 aromatic carbocycles. The molecule has 1 atom stereocenters. The highest BCUT2D eigenvalue weighted by Gasteiger charge is 2.15. The van der Waals surface area contributed by atoms with Crippen molar-refractivity contribution in [3.63, 3.8) is 0 Å². The first-order valence-electron chi connectivity index (χ1n) is 7.37. The Morgan fingerprint density at radius 1 is 1.05 bits per heavy atom. The van der Waals surface area contributed by atoms with Crippen molar-refractivity contribution >= 4 is 0 Å². The maximum Gasteiger partial charge on any atom is 0.387 e. The summed E-state index contributed by atoms with van der Waals surface area (Å²) in [6.07, 6.45) is 6.64. The fraction of sp³-hybridized carbons (Fsp3) is 0.625. The van der Waals surface area contributed by atoms with E-state index in [1.54, 1.807) is 18.2 Å². The van der Waals surface area contributed by atoms with Crippen LogP contribution < -0.4 is 4.74 Å². The van der Waals surface area contributed by atoms with Crippen molar-refractivity contribution in [1.29, 1.82) is 0 Å². The summed E-state index contributed by atoms with van der Waals surface area (Å²) in [5, 5.41) is 10.1. The van der Waals surface area contributed by atoms with Crippen molar-refractivity contribution in [2.45, 2.75) is 64.6 Å². The molecule has 0 aliphatic heterocycles. The second kappa shape index (κ2) is 9.70. The van der Waals surface area contributed by atoms with Crippen LogP contribution in [-0.2, 0) is 0 Å². The Morgan fingerprint density at radius 2 is 1.70 bits per heavy atom. The molecule has 0 saturated heterocycles. The maximum absolute atomic E-state index is 12.3. The summed E-state index contributed by atoms with van der Waals surface area (Å²) in [5.41, 5.74) is 0.446. The molecule has 4 heteroatoms. The molecule has 1 N–H and O–H groups in total. The maximum atomic E-state index is 12.3. The van der Waals surface area contributed by atoms with Gasteiger partial charge in [0.15, 0.2) is 0 Å². The highest BCUT2D eigenvalue weighted by molar-refractivity contribution is 5.35. The third kappa shape index (κ3) is 6.33. The van der Waals surface area contributed by atoms with Gasteiger partial charge in [-0.2, -0.15) is 8.78 Å². The fourth-order valence-electron chi connectivity index (χ4n) is 2.23. The van der Waals surface area contributed by atoms with Crippen LogP contribution in [0.25, 0.3) is 0 Å². The van der Waals surface area contributed by atoms with Crippen LogP contribution in [0.3, 0.4) is 0 Å². The van der Waals surface area contributed by atoms with E-state index >= 15 is 0 Å². The van der Waals surface area contributed by atoms with Gasteiger partial charge in [-0.3, -0.25) is 0 Å². The lowest BCUT2D eigenvalue weighted by molar-refractivity contribution is -0.0516. The van der Waals surface area contributed by atoms with Crippen molar-refractivity contribution in [3.8, 4) is 5.75 Å². The summed E-state index contributed by atoms with van der Waals surface area (Å²) in [6, 6.07) is 6.45. The molecule has 0 aliphatic carbocycles. The van der Waals surface area contributed by atoms with E-state index in [1.165, 1.54) is 25.3 Å². The van der Waals surface area contributed by atoms with Crippen LogP contribution in [0.4, 0.5) is 8.78 Å². The van der Waals surface area contributed by atoms with Crippen LogP contribution in [0.5, 0.6) is 5.75 Å². The molecule has 0 amide bonds. The zero-order valence-electron chi connectivity index (χ0n) is 12.0. The number of unbranched alkanes of at least 4 members (excludes halogenated alkanes) is 5. The fourth-order valence-corrected chi connectivity index (χ4v) is 2.23. The number of hydrogen-bond donors (Lipinski definition) is 1. The number of halogens is 2. The van der Waals surface area contributed by atoms with E-state index in [1.807, 2.05) is 0 Å². The molecule has 1 rings (SSSR count). The number of ether oxygens (including phenoxy) is 1. The number of aliphatic hydroxyl groups excluding tert-OH is 1. The summed E-state index contributed by atoms with van der Waals surface area (Å²) >= 11 is 0. The van der Waals surface area contributed by atoms with Crippen LogP contribution in [0, 0.1) is 0 Å². The summed E-state index contributed by atoms with van der Waals surface area (Å²) in [4.78, 5) is 0. The van der Waals surface area contributed by atoms with Gasteiger partial charge in [-0.05, 0) is 12.5 Å². The van der Waals surface area contributed by atoms with Gasteiger partial charge in [0, 0.05) is 5.56 Å². The van der Waals surface area contributed by atoms with Gasteiger partial charge < -0.3 is 9.84 Å². The van der Waals surface area contributed by atoms with E-state index in [0.29, 0.717) is 12.0 Å². The van der Waals surface area contributed by atoms with Gasteiger partial charge in [-0.25, -0.2) is 0 Å². The van der Waals surface area contributed by atoms with Crippen LogP contribution in [0.2, 0.25) is 0 Å². The highest BCUT2D eigenvalue weighted by atomic mass is 19.3. The average molecular weight is 286 g/mol. The van der Waals surface area contributed by atoms with Crippen molar-refractivity contribution in [1.82, 2.24) is 0 Å². The first kappa shape index (κ1) is 16.9. The lowest BCUT2D eigenvalue weighted by Gasteiger charge is -2.15. The Balaban J connectivity index is 2.40. The van der Waals surface area contributed by atoms with Gasteiger partial charge in [0.25, 0.3) is 0 Å². The van der Waals surface area contributed by atoms with Crippen LogP contribution >= 0.6 is 0 Å². The molecular formula is C16H24F2O2. The monoisotopic (exact) mass is 286 g/mol. The molecule has 0 aromatic heterocycles. The summed E-state index contributed by atoms with van der Waals surface area (Å²) in [6.45, 7) is -0.693. The molecule has 20 heavy (non-hydrogen) atoms. The second-order valence-electron chi connectivity index (χ2n) is 4.99. The zero-order valence-corrected chi connectivity index (χ0v) is 12.0. The molecule has 0 fully saturated rings. The number of benzene rings is 1. The molecule has 0 saturated carbocycles. The number of para-hydroxylation sites is 1. The molecule has 1 unspecified atom stereocenters. The van der Waals surface area contributed by atoms with Crippen molar-refractivity contribution in [3.05, 3.63) is 29.8 Å². The van der Waals surface area contributed by atoms with E-state index in [9.17, 15) is 13.9 Å². The Bertz CT molecular complexity index is 369. The third-order valence-corrected chi connectivity index (χ3v) is 3.33. The summed E-state index contributed by atoms with van der Waals surface area (Å²) in [7, 11) is 0. The lowest BCUT2D eigenvalue weighted by atomic mass is 10.0. The Morgan fingerprint density at radius 3 is 2.40 bits per heavy atom. The highest BCUT2D eigenvalue weighted by Crippen LogP contribution is 2.29. The molecule has 114 valence electrons. The van der Waals surface area contributed by atoms with Crippen molar-refractivity contribution < 1.29 is 18.6 Å². The molecule has 0 spiro atoms. The van der Waals surface area contributed by atoms with Crippen LogP contribution in [0.15, 0.2) is 24.3 Å². The van der Waals surface area contributed by atoms with Gasteiger partial charge in [0.1, 0.15) is 5.75 Å². The molecule has 0 heterocycles. The molecule has 1 aromatic rings. The van der Waals surface area contributed by atoms with E-state index in [2.05, 4.69) is 11.7 Å². The topological polar surface area (TPSA) is 29.5 Å². The largest absolute Gasteiger partial charge is 0.434 e. The number of alkyl halides is 2. The minimum absolute atomic E-state index is 0.0704. The van der Waals surface area contributed by atoms with Gasteiger partial charge >= 0.3 is 6.61 Å². The molecule has 2 nitrogen and oxygen atoms in total. The van der Waals surface area contributed by atoms with E-state index in [0.717, 1.165) is 19.3 Å². The summed E-state index contributed by atoms with van der Waals surface area (Å²) in [5.74, 6) is 0.0704. The molecule has 0 aliphatic rings. The van der Waals surface area contributed by atoms with Gasteiger partial charge in [0.05, 0.1) is 6.10 Å². The van der Waals surface area contributed by atoms with Gasteiger partial charge in [0.2, 0.25) is 0 Å². The zero-order chi connectivity index (χ0) is 14.8. The third-order valence-electron chi connectivity index (χ3n) is 3.33. The standard InChI is InChI=1S/C16H24F2O2/c1-2-3-4-5-6-7-11-14(19)13-10-8-9-12-15(13)20-16(17)18/h8-10,12,14,16,19H,2-7,11H2,1H3. The minimum atomic E-state index is -2.86. The predicted molar refractivity (Wildman–Crippen MR) is 76.0 cm³/mol. The van der Waals surface area contributed by atoms with Crippen molar-refractivity contribution in [2.75, 3.05) is 0 Å². The first-order valence-corrected chi connectivity index (χ1v) is 7.37. The van der Waals surface area contributed by atoms with E-state index in [-0.39, 0.29) is 5.75 Å². The average Bonchev–Trinajstić information content (AvgIpc) is 2.42. The Kier molecular flexibility index (Phi) is 8.19. The Labute approximate surface area is 119 Å². The molecule has 0 bridgehead atoms. The number of rotatable bonds is 10. The van der Waals surface area contributed by atoms with Gasteiger partial charge in [-0.1, -0.05) is 63.6 Å². The SMILES string of the molecule is CCCCCCCCC(O)c1ccccc1OC(F)F.